The Hall–Kier alpha value is -2.82. The van der Waals surface area contributed by atoms with Crippen molar-refractivity contribution < 1.29 is 9.59 Å². The zero-order valence-corrected chi connectivity index (χ0v) is 15.1. The van der Waals surface area contributed by atoms with Crippen molar-refractivity contribution in [1.29, 1.82) is 0 Å². The van der Waals surface area contributed by atoms with Gasteiger partial charge in [0.2, 0.25) is 11.8 Å². The first-order valence-electron chi connectivity index (χ1n) is 9.02. The molecule has 0 bridgehead atoms. The van der Waals surface area contributed by atoms with Crippen LogP contribution >= 0.6 is 0 Å². The van der Waals surface area contributed by atoms with Gasteiger partial charge >= 0.3 is 0 Å². The van der Waals surface area contributed by atoms with Crippen LogP contribution in [0.1, 0.15) is 17.5 Å². The normalized spacial score (nSPS) is 14.2. The number of rotatable bonds is 5. The van der Waals surface area contributed by atoms with Crippen molar-refractivity contribution in [3.63, 3.8) is 0 Å². The second-order valence-electron chi connectivity index (χ2n) is 6.58. The SMILES string of the molecule is Cc1ccccc1CNC(=O)CC(=O)N1CCN(c2ccccc2)CC1. The minimum Gasteiger partial charge on any atom is -0.368 e. The van der Waals surface area contributed by atoms with Crippen LogP contribution in [0.2, 0.25) is 0 Å². The summed E-state index contributed by atoms with van der Waals surface area (Å²) in [5, 5.41) is 2.85. The molecule has 0 aliphatic carbocycles. The van der Waals surface area contributed by atoms with Gasteiger partial charge in [-0.3, -0.25) is 9.59 Å². The third-order valence-corrected chi connectivity index (χ3v) is 4.80. The van der Waals surface area contributed by atoms with Crippen molar-refractivity contribution in [3.8, 4) is 0 Å². The van der Waals surface area contributed by atoms with Crippen LogP contribution < -0.4 is 10.2 Å². The van der Waals surface area contributed by atoms with Crippen LogP contribution in [0.5, 0.6) is 0 Å². The summed E-state index contributed by atoms with van der Waals surface area (Å²) in [6.07, 6.45) is -0.0861. The number of nitrogens with one attached hydrogen (secondary N) is 1. The van der Waals surface area contributed by atoms with Crippen molar-refractivity contribution in [3.05, 3.63) is 65.7 Å². The highest BCUT2D eigenvalue weighted by atomic mass is 16.2. The number of carbonyl (C=O) groups is 2. The fourth-order valence-electron chi connectivity index (χ4n) is 3.17. The van der Waals surface area contributed by atoms with Crippen LogP contribution in [0.15, 0.2) is 54.6 Å². The monoisotopic (exact) mass is 351 g/mol. The minimum atomic E-state index is -0.219. The van der Waals surface area contributed by atoms with Crippen LogP contribution in [0.25, 0.3) is 0 Å². The predicted octanol–water partition coefficient (Wildman–Crippen LogP) is 2.35. The lowest BCUT2D eigenvalue weighted by atomic mass is 10.1. The molecule has 1 heterocycles. The number of nitrogens with zero attached hydrogens (tertiary/aromatic N) is 2. The Morgan fingerprint density at radius 2 is 1.58 bits per heavy atom. The summed E-state index contributed by atoms with van der Waals surface area (Å²) >= 11 is 0. The summed E-state index contributed by atoms with van der Waals surface area (Å²) in [5.41, 5.74) is 3.39. The van der Waals surface area contributed by atoms with Gasteiger partial charge in [0.15, 0.2) is 0 Å². The van der Waals surface area contributed by atoms with E-state index < -0.39 is 0 Å². The van der Waals surface area contributed by atoms with Crippen LogP contribution in [0, 0.1) is 6.92 Å². The third kappa shape index (κ3) is 4.63. The number of para-hydroxylation sites is 1. The summed E-state index contributed by atoms with van der Waals surface area (Å²) in [6, 6.07) is 18.1. The lowest BCUT2D eigenvalue weighted by molar-refractivity contribution is -0.136. The van der Waals surface area contributed by atoms with Gasteiger partial charge in [-0.1, -0.05) is 42.5 Å². The molecule has 5 heteroatoms. The molecule has 0 unspecified atom stereocenters. The quantitative estimate of drug-likeness (QED) is 0.842. The summed E-state index contributed by atoms with van der Waals surface area (Å²) in [6.45, 7) is 5.36. The predicted molar refractivity (Wildman–Crippen MR) is 103 cm³/mol. The fraction of sp³-hybridized carbons (Fsp3) is 0.333. The molecule has 136 valence electrons. The molecule has 2 aromatic carbocycles. The highest BCUT2D eigenvalue weighted by Crippen LogP contribution is 2.16. The molecule has 0 atom stereocenters. The molecule has 0 aromatic heterocycles. The molecule has 5 nitrogen and oxygen atoms in total. The van der Waals surface area contributed by atoms with E-state index in [1.165, 1.54) is 5.69 Å². The van der Waals surface area contributed by atoms with Crippen molar-refractivity contribution in [2.24, 2.45) is 0 Å². The van der Waals surface area contributed by atoms with Crippen LogP contribution in [0.3, 0.4) is 0 Å². The van der Waals surface area contributed by atoms with E-state index in [1.807, 2.05) is 49.4 Å². The molecule has 0 spiro atoms. The molecular formula is C21H25N3O2. The number of hydrogen-bond acceptors (Lipinski definition) is 3. The summed E-state index contributed by atoms with van der Waals surface area (Å²) < 4.78 is 0. The topological polar surface area (TPSA) is 52.7 Å². The van der Waals surface area contributed by atoms with Gasteiger partial charge in [0.1, 0.15) is 6.42 Å². The Bertz CT molecular complexity index is 753. The minimum absolute atomic E-state index is 0.0861. The van der Waals surface area contributed by atoms with E-state index in [1.54, 1.807) is 4.90 Å². The first-order valence-corrected chi connectivity index (χ1v) is 9.02. The van der Waals surface area contributed by atoms with Gasteiger partial charge in [0.25, 0.3) is 0 Å². The number of amides is 2. The Balaban J connectivity index is 1.44. The lowest BCUT2D eigenvalue weighted by Gasteiger charge is -2.36. The van der Waals surface area contributed by atoms with E-state index >= 15 is 0 Å². The Morgan fingerprint density at radius 3 is 2.27 bits per heavy atom. The zero-order valence-electron chi connectivity index (χ0n) is 15.1. The highest BCUT2D eigenvalue weighted by molar-refractivity contribution is 5.97. The first-order chi connectivity index (χ1) is 12.6. The number of aryl methyl sites for hydroxylation is 1. The Labute approximate surface area is 154 Å². The molecule has 1 aliphatic rings. The van der Waals surface area contributed by atoms with Gasteiger partial charge in [-0.2, -0.15) is 0 Å². The number of piperazine rings is 1. The molecule has 1 fully saturated rings. The average molecular weight is 351 g/mol. The van der Waals surface area contributed by atoms with Crippen molar-refractivity contribution in [1.82, 2.24) is 10.2 Å². The van der Waals surface area contributed by atoms with E-state index in [2.05, 4.69) is 22.3 Å². The van der Waals surface area contributed by atoms with Gasteiger partial charge in [-0.25, -0.2) is 0 Å². The van der Waals surface area contributed by atoms with Crippen molar-refractivity contribution in [2.45, 2.75) is 19.9 Å². The maximum absolute atomic E-state index is 12.4. The number of benzene rings is 2. The lowest BCUT2D eigenvalue weighted by Crippen LogP contribution is -2.49. The zero-order chi connectivity index (χ0) is 18.4. The Morgan fingerprint density at radius 1 is 0.923 bits per heavy atom. The molecule has 2 amide bonds. The summed E-state index contributed by atoms with van der Waals surface area (Å²) in [5.74, 6) is -0.316. The smallest absolute Gasteiger partial charge is 0.232 e. The van der Waals surface area contributed by atoms with Gasteiger partial charge < -0.3 is 15.1 Å². The van der Waals surface area contributed by atoms with E-state index in [0.717, 1.165) is 24.2 Å². The average Bonchev–Trinajstić information content (AvgIpc) is 2.68. The van der Waals surface area contributed by atoms with Crippen LogP contribution in [0.4, 0.5) is 5.69 Å². The van der Waals surface area contributed by atoms with Gasteiger partial charge in [-0.05, 0) is 30.2 Å². The second kappa shape index (κ2) is 8.52. The summed E-state index contributed by atoms with van der Waals surface area (Å²) in [4.78, 5) is 28.5. The third-order valence-electron chi connectivity index (χ3n) is 4.80. The number of carbonyl (C=O) groups excluding carboxylic acids is 2. The molecule has 26 heavy (non-hydrogen) atoms. The number of hydrogen-bond donors (Lipinski definition) is 1. The molecule has 2 aromatic rings. The standard InChI is InChI=1S/C21H25N3O2/c1-17-7-5-6-8-18(17)16-22-20(25)15-21(26)24-13-11-23(12-14-24)19-9-3-2-4-10-19/h2-10H,11-16H2,1H3,(H,22,25). The van der Waals surface area contributed by atoms with E-state index in [4.69, 9.17) is 0 Å². The molecule has 0 saturated carbocycles. The van der Waals surface area contributed by atoms with Crippen LogP contribution in [-0.4, -0.2) is 42.9 Å². The van der Waals surface area contributed by atoms with Crippen molar-refractivity contribution in [2.75, 3.05) is 31.1 Å². The fourth-order valence-corrected chi connectivity index (χ4v) is 3.17. The van der Waals surface area contributed by atoms with Gasteiger partial charge in [0.05, 0.1) is 0 Å². The molecular weight excluding hydrogens is 326 g/mol. The maximum Gasteiger partial charge on any atom is 0.232 e. The van der Waals surface area contributed by atoms with E-state index in [0.29, 0.717) is 19.6 Å². The Kier molecular flexibility index (Phi) is 5.89. The summed E-state index contributed by atoms with van der Waals surface area (Å²) in [7, 11) is 0. The molecule has 1 saturated heterocycles. The largest absolute Gasteiger partial charge is 0.368 e. The van der Waals surface area contributed by atoms with Gasteiger partial charge in [-0.15, -0.1) is 0 Å². The van der Waals surface area contributed by atoms with Gasteiger partial charge in [0, 0.05) is 38.4 Å². The highest BCUT2D eigenvalue weighted by Gasteiger charge is 2.22. The second-order valence-corrected chi connectivity index (χ2v) is 6.58. The molecule has 1 aliphatic heterocycles. The van der Waals surface area contributed by atoms with E-state index in [-0.39, 0.29) is 18.2 Å². The first kappa shape index (κ1) is 18.0. The van der Waals surface area contributed by atoms with Crippen LogP contribution in [-0.2, 0) is 16.1 Å². The number of anilines is 1. The molecule has 0 radical (unpaired) electrons. The molecule has 3 rings (SSSR count). The van der Waals surface area contributed by atoms with Crippen molar-refractivity contribution >= 4 is 17.5 Å². The molecule has 1 N–H and O–H groups in total. The maximum atomic E-state index is 12.4. The van der Waals surface area contributed by atoms with E-state index in [9.17, 15) is 9.59 Å².